The lowest BCUT2D eigenvalue weighted by atomic mass is 10.1. The third-order valence-corrected chi connectivity index (χ3v) is 6.59. The zero-order valence-electron chi connectivity index (χ0n) is 17.5. The van der Waals surface area contributed by atoms with Crippen LogP contribution in [-0.4, -0.2) is 37.4 Å². The Morgan fingerprint density at radius 2 is 1.90 bits per heavy atom. The Kier molecular flexibility index (Phi) is 4.94. The van der Waals surface area contributed by atoms with Gasteiger partial charge in [0.25, 0.3) is 0 Å². The molecule has 2 aromatic heterocycles. The van der Waals surface area contributed by atoms with E-state index in [1.807, 2.05) is 74.0 Å². The molecule has 0 bridgehead atoms. The first kappa shape index (κ1) is 19.7. The lowest BCUT2D eigenvalue weighted by Gasteiger charge is -2.25. The van der Waals surface area contributed by atoms with E-state index in [-0.39, 0.29) is 17.1 Å². The number of ketones is 1. The Bertz CT molecular complexity index is 1280. The summed E-state index contributed by atoms with van der Waals surface area (Å²) in [4.78, 5) is 16.6. The van der Waals surface area contributed by atoms with Gasteiger partial charge in [-0.25, -0.2) is 0 Å². The number of nitrogens with one attached hydrogen (secondary N) is 1. The van der Waals surface area contributed by atoms with Crippen molar-refractivity contribution in [3.8, 4) is 11.5 Å². The lowest BCUT2D eigenvalue weighted by Crippen LogP contribution is -2.24. The van der Waals surface area contributed by atoms with Gasteiger partial charge in [-0.15, -0.1) is 10.2 Å². The molecule has 0 radical (unpaired) electrons. The fraction of sp³-hybridized carbons (Fsp3) is 0.261. The fourth-order valence-electron chi connectivity index (χ4n) is 3.86. The number of aryl methyl sites for hydroxylation is 1. The molecule has 0 unspecified atom stereocenters. The van der Waals surface area contributed by atoms with Crippen molar-refractivity contribution in [3.05, 3.63) is 65.6 Å². The number of fused-ring (bicyclic) bond motifs is 2. The number of hydrogen-bond donors (Lipinski definition) is 1. The number of Topliss-reactive ketones (excluding diaryl/α,β-unsaturated/α-hetero) is 1. The number of aromatic amines is 1. The predicted molar refractivity (Wildman–Crippen MR) is 119 cm³/mol. The quantitative estimate of drug-likeness (QED) is 0.368. The van der Waals surface area contributed by atoms with Gasteiger partial charge in [0.1, 0.15) is 6.61 Å². The SMILES string of the molecule is Cc1[nH]c2ccccc2c1C(=O)[C@H](C)Sc1nnc([C@@H]2COc3ccccc3O2)n1C. The molecule has 4 aromatic rings. The van der Waals surface area contributed by atoms with Crippen LogP contribution in [0.1, 0.15) is 34.9 Å². The minimum absolute atomic E-state index is 0.0654. The molecule has 158 valence electrons. The summed E-state index contributed by atoms with van der Waals surface area (Å²) in [6, 6.07) is 15.4. The highest BCUT2D eigenvalue weighted by Crippen LogP contribution is 2.36. The number of carbonyl (C=O) groups is 1. The minimum atomic E-state index is -0.358. The number of carbonyl (C=O) groups excluding carboxylic acids is 1. The lowest BCUT2D eigenvalue weighted by molar-refractivity contribution is 0.0825. The molecule has 0 saturated carbocycles. The van der Waals surface area contributed by atoms with Crippen LogP contribution in [0.2, 0.25) is 0 Å². The van der Waals surface area contributed by atoms with Crippen molar-refractivity contribution >= 4 is 28.4 Å². The molecule has 2 aromatic carbocycles. The van der Waals surface area contributed by atoms with Gasteiger partial charge in [0.05, 0.1) is 5.25 Å². The summed E-state index contributed by atoms with van der Waals surface area (Å²) >= 11 is 1.39. The molecule has 0 spiro atoms. The second-order valence-corrected chi connectivity index (χ2v) is 8.87. The summed E-state index contributed by atoms with van der Waals surface area (Å²) < 4.78 is 13.7. The van der Waals surface area contributed by atoms with E-state index in [0.717, 1.165) is 27.9 Å². The molecular formula is C23H22N4O3S. The van der Waals surface area contributed by atoms with Crippen LogP contribution in [0.5, 0.6) is 11.5 Å². The zero-order valence-corrected chi connectivity index (χ0v) is 18.3. The van der Waals surface area contributed by atoms with Gasteiger partial charge in [0, 0.05) is 29.2 Å². The minimum Gasteiger partial charge on any atom is -0.485 e. The molecule has 0 amide bonds. The van der Waals surface area contributed by atoms with Gasteiger partial charge in [-0.2, -0.15) is 0 Å². The maximum absolute atomic E-state index is 13.3. The molecule has 1 N–H and O–H groups in total. The van der Waals surface area contributed by atoms with Gasteiger partial charge in [-0.1, -0.05) is 42.1 Å². The number of aromatic nitrogens is 4. The summed E-state index contributed by atoms with van der Waals surface area (Å²) in [7, 11) is 1.88. The molecule has 7 nitrogen and oxygen atoms in total. The van der Waals surface area contributed by atoms with Crippen LogP contribution < -0.4 is 9.47 Å². The van der Waals surface area contributed by atoms with E-state index in [2.05, 4.69) is 15.2 Å². The van der Waals surface area contributed by atoms with Gasteiger partial charge in [0.15, 0.2) is 34.4 Å². The van der Waals surface area contributed by atoms with Crippen molar-refractivity contribution in [3.63, 3.8) is 0 Å². The van der Waals surface area contributed by atoms with E-state index >= 15 is 0 Å². The van der Waals surface area contributed by atoms with Crippen LogP contribution in [-0.2, 0) is 7.05 Å². The van der Waals surface area contributed by atoms with Crippen LogP contribution >= 0.6 is 11.8 Å². The molecule has 1 aliphatic rings. The Morgan fingerprint density at radius 3 is 2.74 bits per heavy atom. The second kappa shape index (κ2) is 7.77. The smallest absolute Gasteiger partial charge is 0.192 e. The number of ether oxygens (including phenoxy) is 2. The number of hydrogen-bond acceptors (Lipinski definition) is 6. The first-order valence-corrected chi connectivity index (χ1v) is 11.0. The molecule has 1 aliphatic heterocycles. The highest BCUT2D eigenvalue weighted by atomic mass is 32.2. The predicted octanol–water partition coefficient (Wildman–Crippen LogP) is 4.48. The Morgan fingerprint density at radius 1 is 1.16 bits per heavy atom. The monoisotopic (exact) mass is 434 g/mol. The van der Waals surface area contributed by atoms with Crippen LogP contribution in [0.3, 0.4) is 0 Å². The van der Waals surface area contributed by atoms with Crippen molar-refractivity contribution in [2.75, 3.05) is 6.61 Å². The molecule has 0 saturated heterocycles. The van der Waals surface area contributed by atoms with Crippen LogP contribution in [0.4, 0.5) is 0 Å². The Labute approximate surface area is 183 Å². The highest BCUT2D eigenvalue weighted by Gasteiger charge is 2.29. The Balaban J connectivity index is 1.36. The average molecular weight is 435 g/mol. The number of rotatable bonds is 5. The first-order chi connectivity index (χ1) is 15.0. The number of nitrogens with zero attached hydrogens (tertiary/aromatic N) is 3. The van der Waals surface area contributed by atoms with Crippen LogP contribution in [0.15, 0.2) is 53.7 Å². The van der Waals surface area contributed by atoms with Crippen LogP contribution in [0, 0.1) is 6.92 Å². The van der Waals surface area contributed by atoms with E-state index in [1.165, 1.54) is 11.8 Å². The van der Waals surface area contributed by atoms with Gasteiger partial charge in [0.2, 0.25) is 0 Å². The topological polar surface area (TPSA) is 82.0 Å². The number of thioether (sulfide) groups is 1. The van der Waals surface area contributed by atoms with Gasteiger partial charge < -0.3 is 19.0 Å². The summed E-state index contributed by atoms with van der Waals surface area (Å²) in [6.45, 7) is 4.19. The second-order valence-electron chi connectivity index (χ2n) is 7.56. The molecule has 0 aliphatic carbocycles. The molecule has 2 atom stereocenters. The summed E-state index contributed by atoms with van der Waals surface area (Å²) in [5.41, 5.74) is 2.58. The average Bonchev–Trinajstić information content (AvgIpc) is 3.31. The van der Waals surface area contributed by atoms with Crippen molar-refractivity contribution in [2.24, 2.45) is 7.05 Å². The third kappa shape index (κ3) is 3.46. The van der Waals surface area contributed by atoms with E-state index in [0.29, 0.717) is 23.3 Å². The molecule has 8 heteroatoms. The molecule has 3 heterocycles. The normalized spacial score (nSPS) is 16.4. The number of para-hydroxylation sites is 3. The molecule has 31 heavy (non-hydrogen) atoms. The third-order valence-electron chi connectivity index (χ3n) is 5.46. The van der Waals surface area contributed by atoms with Crippen LogP contribution in [0.25, 0.3) is 10.9 Å². The first-order valence-electron chi connectivity index (χ1n) is 10.1. The molecular weight excluding hydrogens is 412 g/mol. The van der Waals surface area contributed by atoms with Crippen molar-refractivity contribution in [2.45, 2.75) is 30.4 Å². The van der Waals surface area contributed by atoms with Crippen molar-refractivity contribution < 1.29 is 14.3 Å². The highest BCUT2D eigenvalue weighted by molar-refractivity contribution is 8.00. The largest absolute Gasteiger partial charge is 0.485 e. The molecule has 0 fully saturated rings. The zero-order chi connectivity index (χ0) is 21.5. The van der Waals surface area contributed by atoms with E-state index in [1.54, 1.807) is 0 Å². The summed E-state index contributed by atoms with van der Waals surface area (Å²) in [6.07, 6.45) is -0.358. The van der Waals surface area contributed by atoms with Gasteiger partial charge in [-0.05, 0) is 32.0 Å². The van der Waals surface area contributed by atoms with Gasteiger partial charge in [-0.3, -0.25) is 4.79 Å². The maximum atomic E-state index is 13.3. The maximum Gasteiger partial charge on any atom is 0.192 e. The molecule has 5 rings (SSSR count). The number of H-pyrrole nitrogens is 1. The number of benzene rings is 2. The van der Waals surface area contributed by atoms with E-state index in [4.69, 9.17) is 9.47 Å². The Hall–Kier alpha value is -3.26. The van der Waals surface area contributed by atoms with E-state index < -0.39 is 0 Å². The summed E-state index contributed by atoms with van der Waals surface area (Å²) in [5.74, 6) is 2.15. The standard InChI is InChI=1S/C23H22N4O3S/c1-13-20(15-8-4-5-9-16(15)24-13)21(28)14(2)31-23-26-25-22(27(23)3)19-12-29-17-10-6-7-11-18(17)30-19/h4-11,14,19,24H,12H2,1-3H3/t14-,19-/m0/s1. The summed E-state index contributed by atoms with van der Waals surface area (Å²) in [5, 5.41) is 9.93. The van der Waals surface area contributed by atoms with Gasteiger partial charge >= 0.3 is 0 Å². The van der Waals surface area contributed by atoms with E-state index in [9.17, 15) is 4.79 Å². The van der Waals surface area contributed by atoms with Crippen molar-refractivity contribution in [1.29, 1.82) is 0 Å². The fourth-order valence-corrected chi connectivity index (χ4v) is 4.75. The van der Waals surface area contributed by atoms with Crippen molar-refractivity contribution in [1.82, 2.24) is 19.7 Å².